The van der Waals surface area contributed by atoms with Crippen LogP contribution in [0.3, 0.4) is 0 Å². The highest BCUT2D eigenvalue weighted by Gasteiger charge is 2.47. The van der Waals surface area contributed by atoms with Crippen LogP contribution in [0.1, 0.15) is 32.1 Å². The van der Waals surface area contributed by atoms with E-state index in [1.807, 2.05) is 24.9 Å². The summed E-state index contributed by atoms with van der Waals surface area (Å²) >= 11 is 0. The molecule has 3 N–H and O–H groups in total. The summed E-state index contributed by atoms with van der Waals surface area (Å²) in [4.78, 5) is 14.6. The molecule has 3 rings (SSSR count). The van der Waals surface area contributed by atoms with Crippen LogP contribution < -0.4 is 16.0 Å². The number of anilines is 3. The Balaban J connectivity index is 2.08. The number of amides is 1. The second-order valence-electron chi connectivity index (χ2n) is 5.49. The predicted molar refractivity (Wildman–Crippen MR) is 72.7 cm³/mol. The number of likely N-dealkylation sites (N-methyl/N-ethyl adjacent to an activating group) is 1. The van der Waals surface area contributed by atoms with Gasteiger partial charge in [-0.3, -0.25) is 4.79 Å². The molecule has 5 heteroatoms. The van der Waals surface area contributed by atoms with Gasteiger partial charge in [0.15, 0.2) is 0 Å². The first-order valence-corrected chi connectivity index (χ1v) is 6.56. The highest BCUT2D eigenvalue weighted by atomic mass is 16.2. The third-order valence-electron chi connectivity index (χ3n) is 4.55. The van der Waals surface area contributed by atoms with Crippen molar-refractivity contribution in [1.29, 1.82) is 0 Å². The Hall–Kier alpha value is -1.65. The van der Waals surface area contributed by atoms with Crippen molar-refractivity contribution in [2.75, 3.05) is 23.0 Å². The fourth-order valence-electron chi connectivity index (χ4n) is 3.32. The average Bonchev–Trinajstić information content (AvgIpc) is 2.66. The maximum absolute atomic E-state index is 12.5. The van der Waals surface area contributed by atoms with Gasteiger partial charge in [-0.25, -0.2) is 0 Å². The van der Waals surface area contributed by atoms with E-state index in [0.717, 1.165) is 37.1 Å². The number of carbonyl (C=O) groups excluding carboxylic acids is 1. The molecule has 0 aromatic carbocycles. The first-order chi connectivity index (χ1) is 8.56. The highest BCUT2D eigenvalue weighted by molar-refractivity contribution is 6.09. The van der Waals surface area contributed by atoms with E-state index in [-0.39, 0.29) is 11.4 Å². The Morgan fingerprint density at radius 1 is 1.28 bits per heavy atom. The van der Waals surface area contributed by atoms with Gasteiger partial charge in [0.1, 0.15) is 17.0 Å². The quantitative estimate of drug-likeness (QED) is 0.734. The molecule has 0 saturated heterocycles. The molecule has 0 radical (unpaired) electrons. The van der Waals surface area contributed by atoms with Crippen molar-refractivity contribution in [1.82, 2.24) is 4.57 Å². The number of nitrogens with zero attached hydrogens (tertiary/aromatic N) is 2. The summed E-state index contributed by atoms with van der Waals surface area (Å²) in [5, 5.41) is 3.01. The topological polar surface area (TPSA) is 63.3 Å². The van der Waals surface area contributed by atoms with Crippen molar-refractivity contribution in [3.63, 3.8) is 0 Å². The molecule has 1 amide bonds. The van der Waals surface area contributed by atoms with E-state index in [2.05, 4.69) is 10.2 Å². The van der Waals surface area contributed by atoms with Crippen molar-refractivity contribution in [2.24, 2.45) is 7.05 Å². The van der Waals surface area contributed by atoms with E-state index in [1.54, 1.807) is 0 Å². The molecule has 0 bridgehead atoms. The van der Waals surface area contributed by atoms with Crippen LogP contribution >= 0.6 is 0 Å². The number of hydrogen-bond acceptors (Lipinski definition) is 3. The lowest BCUT2D eigenvalue weighted by molar-refractivity contribution is -0.122. The maximum atomic E-state index is 12.5. The van der Waals surface area contributed by atoms with Crippen LogP contribution in [0, 0.1) is 0 Å². The first-order valence-electron chi connectivity index (χ1n) is 6.56. The molecule has 1 aliphatic carbocycles. The molecule has 2 heterocycles. The summed E-state index contributed by atoms with van der Waals surface area (Å²) < 4.78 is 1.86. The molecule has 1 fully saturated rings. The van der Waals surface area contributed by atoms with Crippen molar-refractivity contribution >= 4 is 23.1 Å². The zero-order valence-electron chi connectivity index (χ0n) is 11.0. The van der Waals surface area contributed by atoms with Crippen molar-refractivity contribution in [3.05, 3.63) is 6.20 Å². The molecule has 5 nitrogen and oxygen atoms in total. The van der Waals surface area contributed by atoms with Gasteiger partial charge in [-0.1, -0.05) is 19.3 Å². The lowest BCUT2D eigenvalue weighted by Gasteiger charge is -2.47. The fourth-order valence-corrected chi connectivity index (χ4v) is 3.32. The van der Waals surface area contributed by atoms with Gasteiger partial charge in [-0.05, 0) is 12.8 Å². The summed E-state index contributed by atoms with van der Waals surface area (Å²) in [7, 11) is 3.92. The van der Waals surface area contributed by atoms with Gasteiger partial charge in [0.25, 0.3) is 0 Å². The Morgan fingerprint density at radius 3 is 2.61 bits per heavy atom. The number of aromatic nitrogens is 1. The van der Waals surface area contributed by atoms with E-state index in [4.69, 9.17) is 5.73 Å². The van der Waals surface area contributed by atoms with Gasteiger partial charge in [-0.15, -0.1) is 0 Å². The average molecular weight is 248 g/mol. The number of nitrogen functional groups attached to an aromatic ring is 1. The molecule has 1 aromatic rings. The largest absolute Gasteiger partial charge is 0.383 e. The minimum Gasteiger partial charge on any atom is -0.383 e. The summed E-state index contributed by atoms with van der Waals surface area (Å²) in [6, 6.07) is 0. The molecule has 1 saturated carbocycles. The number of fused-ring (bicyclic) bond motifs is 1. The Labute approximate surface area is 107 Å². The van der Waals surface area contributed by atoms with Gasteiger partial charge < -0.3 is 20.5 Å². The highest BCUT2D eigenvalue weighted by Crippen LogP contribution is 2.45. The van der Waals surface area contributed by atoms with Crippen LogP contribution in [0.5, 0.6) is 0 Å². The molecule has 1 aromatic heterocycles. The second-order valence-corrected chi connectivity index (χ2v) is 5.49. The number of nitrogens with two attached hydrogens (primary N) is 1. The van der Waals surface area contributed by atoms with Crippen molar-refractivity contribution < 1.29 is 4.79 Å². The summed E-state index contributed by atoms with van der Waals surface area (Å²) in [6.07, 6.45) is 7.34. The van der Waals surface area contributed by atoms with Crippen LogP contribution in [0.25, 0.3) is 0 Å². The standard InChI is InChI=1S/C13H20N4O/c1-16-8-9-10(11(16)14)15-12(18)13(17(9)2)6-4-3-5-7-13/h8H,3-7,14H2,1-2H3,(H,15,18). The minimum absolute atomic E-state index is 0.107. The number of nitrogens with one attached hydrogen (secondary N) is 1. The number of aryl methyl sites for hydroxylation is 1. The number of carbonyl (C=O) groups is 1. The monoisotopic (exact) mass is 248 g/mol. The van der Waals surface area contributed by atoms with Crippen LogP contribution in [0.4, 0.5) is 17.2 Å². The van der Waals surface area contributed by atoms with Crippen LogP contribution in [-0.4, -0.2) is 23.1 Å². The maximum Gasteiger partial charge on any atom is 0.250 e. The van der Waals surface area contributed by atoms with Gasteiger partial charge in [-0.2, -0.15) is 0 Å². The summed E-state index contributed by atoms with van der Waals surface area (Å²) in [5.41, 5.74) is 7.43. The second kappa shape index (κ2) is 3.67. The van der Waals surface area contributed by atoms with E-state index in [1.165, 1.54) is 6.42 Å². The van der Waals surface area contributed by atoms with Gasteiger partial charge in [0.05, 0.1) is 5.69 Å². The van der Waals surface area contributed by atoms with Gasteiger partial charge in [0.2, 0.25) is 5.91 Å². The molecule has 98 valence electrons. The zero-order chi connectivity index (χ0) is 12.9. The lowest BCUT2D eigenvalue weighted by atomic mass is 9.78. The fraction of sp³-hybridized carbons (Fsp3) is 0.615. The Morgan fingerprint density at radius 2 is 1.94 bits per heavy atom. The lowest BCUT2D eigenvalue weighted by Crippen LogP contribution is -2.59. The van der Waals surface area contributed by atoms with E-state index < -0.39 is 0 Å². The molecule has 2 aliphatic rings. The summed E-state index contributed by atoms with van der Waals surface area (Å²) in [6.45, 7) is 0. The molecular weight excluding hydrogens is 228 g/mol. The van der Waals surface area contributed by atoms with E-state index in [9.17, 15) is 4.79 Å². The smallest absolute Gasteiger partial charge is 0.250 e. The molecular formula is C13H20N4O. The molecule has 18 heavy (non-hydrogen) atoms. The van der Waals surface area contributed by atoms with E-state index >= 15 is 0 Å². The van der Waals surface area contributed by atoms with Crippen molar-refractivity contribution in [2.45, 2.75) is 37.6 Å². The Bertz CT molecular complexity index is 499. The first kappa shape index (κ1) is 11.4. The molecule has 1 spiro atoms. The molecule has 0 atom stereocenters. The van der Waals surface area contributed by atoms with E-state index in [0.29, 0.717) is 5.82 Å². The van der Waals surface area contributed by atoms with Crippen LogP contribution in [-0.2, 0) is 11.8 Å². The van der Waals surface area contributed by atoms with Gasteiger partial charge >= 0.3 is 0 Å². The zero-order valence-corrected chi connectivity index (χ0v) is 11.0. The predicted octanol–water partition coefficient (Wildman–Crippen LogP) is 1.70. The SMILES string of the molecule is CN1c2cn(C)c(N)c2NC(=O)C12CCCCC2. The van der Waals surface area contributed by atoms with Gasteiger partial charge in [0, 0.05) is 20.3 Å². The third kappa shape index (κ3) is 1.30. The molecule has 0 unspecified atom stereocenters. The normalized spacial score (nSPS) is 21.9. The third-order valence-corrected chi connectivity index (χ3v) is 4.55. The Kier molecular flexibility index (Phi) is 2.33. The van der Waals surface area contributed by atoms with Crippen LogP contribution in [0.15, 0.2) is 6.20 Å². The number of rotatable bonds is 0. The number of hydrogen-bond donors (Lipinski definition) is 2. The molecule has 1 aliphatic heterocycles. The van der Waals surface area contributed by atoms with Crippen molar-refractivity contribution in [3.8, 4) is 0 Å². The summed E-state index contributed by atoms with van der Waals surface area (Å²) in [5.74, 6) is 0.728. The minimum atomic E-state index is -0.362. The van der Waals surface area contributed by atoms with Crippen LogP contribution in [0.2, 0.25) is 0 Å².